The van der Waals surface area contributed by atoms with E-state index in [4.69, 9.17) is 23.2 Å². The normalized spacial score (nSPS) is 10.5. The van der Waals surface area contributed by atoms with Gasteiger partial charge in [-0.15, -0.1) is 0 Å². The molecule has 0 saturated heterocycles. The lowest BCUT2D eigenvalue weighted by Gasteiger charge is -2.07. The van der Waals surface area contributed by atoms with E-state index < -0.39 is 5.91 Å². The molecule has 6 nitrogen and oxygen atoms in total. The van der Waals surface area contributed by atoms with Crippen LogP contribution in [0, 0.1) is 0 Å². The number of halogens is 2. The fraction of sp³-hybridized carbons (Fsp3) is 0.312. The van der Waals surface area contributed by atoms with Crippen molar-refractivity contribution in [3.8, 4) is 0 Å². The van der Waals surface area contributed by atoms with Crippen molar-refractivity contribution in [2.75, 3.05) is 11.9 Å². The third-order valence-electron chi connectivity index (χ3n) is 3.26. The zero-order valence-corrected chi connectivity index (χ0v) is 14.9. The van der Waals surface area contributed by atoms with E-state index >= 15 is 0 Å². The van der Waals surface area contributed by atoms with Gasteiger partial charge in [0.2, 0.25) is 0 Å². The van der Waals surface area contributed by atoms with Gasteiger partial charge in [0, 0.05) is 24.3 Å². The SMILES string of the molecule is CCCNC(=O)c1nn(CC)cc1NC(=O)c1ccc(Cl)cc1Cl. The predicted molar refractivity (Wildman–Crippen MR) is 94.9 cm³/mol. The lowest BCUT2D eigenvalue weighted by molar-refractivity contribution is 0.0948. The standard InChI is InChI=1S/C16H18Cl2N4O2/c1-3-7-19-16(24)14-13(9-22(4-2)21-14)20-15(23)11-6-5-10(17)8-12(11)18/h5-6,8-9H,3-4,7H2,1-2H3,(H,19,24)(H,20,23). The second kappa shape index (κ2) is 8.17. The smallest absolute Gasteiger partial charge is 0.273 e. The van der Waals surface area contributed by atoms with Crippen LogP contribution in [0.2, 0.25) is 10.0 Å². The Bertz CT molecular complexity index is 759. The van der Waals surface area contributed by atoms with E-state index in [1.54, 1.807) is 16.9 Å². The number of amides is 2. The van der Waals surface area contributed by atoms with Crippen LogP contribution in [0.4, 0.5) is 5.69 Å². The van der Waals surface area contributed by atoms with Crippen LogP contribution < -0.4 is 10.6 Å². The Balaban J connectivity index is 2.26. The van der Waals surface area contributed by atoms with Gasteiger partial charge in [-0.25, -0.2) is 0 Å². The van der Waals surface area contributed by atoms with E-state index in [0.29, 0.717) is 23.8 Å². The molecule has 2 N–H and O–H groups in total. The Morgan fingerprint density at radius 2 is 1.96 bits per heavy atom. The summed E-state index contributed by atoms with van der Waals surface area (Å²) in [5.41, 5.74) is 0.774. The summed E-state index contributed by atoms with van der Waals surface area (Å²) in [6.45, 7) is 4.96. The maximum atomic E-state index is 12.4. The molecule has 1 heterocycles. The topological polar surface area (TPSA) is 76.0 Å². The molecule has 0 radical (unpaired) electrons. The number of hydrogen-bond acceptors (Lipinski definition) is 3. The fourth-order valence-electron chi connectivity index (χ4n) is 2.03. The highest BCUT2D eigenvalue weighted by Gasteiger charge is 2.19. The molecule has 128 valence electrons. The molecule has 1 aromatic carbocycles. The van der Waals surface area contributed by atoms with Crippen LogP contribution in [0.25, 0.3) is 0 Å². The Hall–Kier alpha value is -2.05. The molecule has 0 aliphatic carbocycles. The number of benzene rings is 1. The lowest BCUT2D eigenvalue weighted by Crippen LogP contribution is -2.26. The molecule has 24 heavy (non-hydrogen) atoms. The second-order valence-electron chi connectivity index (χ2n) is 5.08. The molecule has 8 heteroatoms. The number of carbonyl (C=O) groups excluding carboxylic acids is 2. The molecule has 0 aliphatic rings. The third-order valence-corrected chi connectivity index (χ3v) is 3.81. The number of hydrogen-bond donors (Lipinski definition) is 2. The first-order chi connectivity index (χ1) is 11.5. The number of carbonyl (C=O) groups is 2. The number of aryl methyl sites for hydroxylation is 1. The molecule has 0 atom stereocenters. The summed E-state index contributed by atoms with van der Waals surface area (Å²) in [5.74, 6) is -0.765. The van der Waals surface area contributed by atoms with Crippen LogP contribution >= 0.6 is 23.2 Å². The first kappa shape index (κ1) is 18.3. The van der Waals surface area contributed by atoms with Gasteiger partial charge in [-0.1, -0.05) is 30.1 Å². The molecular weight excluding hydrogens is 351 g/mol. The van der Waals surface area contributed by atoms with Gasteiger partial charge in [0.25, 0.3) is 11.8 Å². The van der Waals surface area contributed by atoms with E-state index in [-0.39, 0.29) is 22.2 Å². The van der Waals surface area contributed by atoms with E-state index in [0.717, 1.165) is 6.42 Å². The van der Waals surface area contributed by atoms with Crippen LogP contribution in [-0.2, 0) is 6.54 Å². The van der Waals surface area contributed by atoms with Gasteiger partial charge < -0.3 is 10.6 Å². The summed E-state index contributed by atoms with van der Waals surface area (Å²) >= 11 is 11.9. The van der Waals surface area contributed by atoms with E-state index in [1.807, 2.05) is 13.8 Å². The minimum Gasteiger partial charge on any atom is -0.351 e. The van der Waals surface area contributed by atoms with E-state index in [2.05, 4.69) is 15.7 Å². The summed E-state index contributed by atoms with van der Waals surface area (Å²) in [4.78, 5) is 24.6. The van der Waals surface area contributed by atoms with E-state index in [9.17, 15) is 9.59 Å². The molecule has 0 spiro atoms. The van der Waals surface area contributed by atoms with Crippen molar-refractivity contribution < 1.29 is 9.59 Å². The minimum atomic E-state index is -0.433. The van der Waals surface area contributed by atoms with Gasteiger partial charge in [0.15, 0.2) is 5.69 Å². The zero-order valence-electron chi connectivity index (χ0n) is 13.4. The second-order valence-corrected chi connectivity index (χ2v) is 5.92. The maximum Gasteiger partial charge on any atom is 0.273 e. The zero-order chi connectivity index (χ0) is 17.7. The Morgan fingerprint density at radius 3 is 2.58 bits per heavy atom. The van der Waals surface area contributed by atoms with Crippen molar-refractivity contribution in [2.45, 2.75) is 26.8 Å². The average Bonchev–Trinajstić information content (AvgIpc) is 2.95. The molecule has 0 bridgehead atoms. The van der Waals surface area contributed by atoms with Gasteiger partial charge >= 0.3 is 0 Å². The van der Waals surface area contributed by atoms with Crippen LogP contribution in [0.1, 0.15) is 41.1 Å². The van der Waals surface area contributed by atoms with Crippen LogP contribution in [0.5, 0.6) is 0 Å². The first-order valence-electron chi connectivity index (χ1n) is 7.58. The van der Waals surface area contributed by atoms with Crippen LogP contribution in [0.15, 0.2) is 24.4 Å². The molecule has 2 rings (SSSR count). The number of rotatable bonds is 6. The van der Waals surface area contributed by atoms with Gasteiger partial charge in [-0.2, -0.15) is 5.10 Å². The number of anilines is 1. The highest BCUT2D eigenvalue weighted by molar-refractivity contribution is 6.37. The Morgan fingerprint density at radius 1 is 1.21 bits per heavy atom. The van der Waals surface area contributed by atoms with Gasteiger partial charge in [-0.3, -0.25) is 14.3 Å². The highest BCUT2D eigenvalue weighted by Crippen LogP contribution is 2.23. The summed E-state index contributed by atoms with van der Waals surface area (Å²) in [6, 6.07) is 4.59. The average molecular weight is 369 g/mol. The third kappa shape index (κ3) is 4.27. The van der Waals surface area contributed by atoms with Gasteiger partial charge in [-0.05, 0) is 31.5 Å². The molecule has 0 fully saturated rings. The number of nitrogens with one attached hydrogen (secondary N) is 2. The van der Waals surface area contributed by atoms with Crippen molar-refractivity contribution in [1.82, 2.24) is 15.1 Å². The molecule has 2 amide bonds. The summed E-state index contributed by atoms with van der Waals surface area (Å²) < 4.78 is 1.58. The predicted octanol–water partition coefficient (Wildman–Crippen LogP) is 3.60. The van der Waals surface area contributed by atoms with Crippen molar-refractivity contribution in [3.63, 3.8) is 0 Å². The van der Waals surface area contributed by atoms with Crippen LogP contribution in [-0.4, -0.2) is 28.1 Å². The number of aromatic nitrogens is 2. The van der Waals surface area contributed by atoms with Gasteiger partial charge in [0.1, 0.15) is 0 Å². The summed E-state index contributed by atoms with van der Waals surface area (Å²) in [5, 5.41) is 10.3. The fourth-order valence-corrected chi connectivity index (χ4v) is 2.52. The summed E-state index contributed by atoms with van der Waals surface area (Å²) in [6.07, 6.45) is 2.42. The molecular formula is C16H18Cl2N4O2. The Labute approximate surface area is 150 Å². The molecule has 0 aliphatic heterocycles. The minimum absolute atomic E-state index is 0.170. The first-order valence-corrected chi connectivity index (χ1v) is 8.33. The van der Waals surface area contributed by atoms with Gasteiger partial charge in [0.05, 0.1) is 16.3 Å². The molecule has 2 aromatic rings. The quantitative estimate of drug-likeness (QED) is 0.817. The van der Waals surface area contributed by atoms with E-state index in [1.165, 1.54) is 12.1 Å². The molecule has 0 saturated carbocycles. The molecule has 1 aromatic heterocycles. The summed E-state index contributed by atoms with van der Waals surface area (Å²) in [7, 11) is 0. The van der Waals surface area contributed by atoms with Crippen molar-refractivity contribution in [1.29, 1.82) is 0 Å². The highest BCUT2D eigenvalue weighted by atomic mass is 35.5. The largest absolute Gasteiger partial charge is 0.351 e. The molecule has 0 unspecified atom stereocenters. The van der Waals surface area contributed by atoms with Crippen LogP contribution in [0.3, 0.4) is 0 Å². The van der Waals surface area contributed by atoms with Crippen molar-refractivity contribution in [3.05, 3.63) is 45.7 Å². The monoisotopic (exact) mass is 368 g/mol. The maximum absolute atomic E-state index is 12.4. The van der Waals surface area contributed by atoms with Crippen molar-refractivity contribution in [2.24, 2.45) is 0 Å². The Kier molecular flexibility index (Phi) is 6.23. The lowest BCUT2D eigenvalue weighted by atomic mass is 10.2. The number of nitrogens with zero attached hydrogens (tertiary/aromatic N) is 2. The van der Waals surface area contributed by atoms with Crippen molar-refractivity contribution >= 4 is 40.7 Å².